The predicted molar refractivity (Wildman–Crippen MR) is 84.7 cm³/mol. The smallest absolute Gasteiger partial charge is 0.0223 e. The van der Waals surface area contributed by atoms with Gasteiger partial charge in [0.25, 0.3) is 0 Å². The van der Waals surface area contributed by atoms with Gasteiger partial charge < -0.3 is 10.2 Å². The zero-order valence-corrected chi connectivity index (χ0v) is 14.0. The van der Waals surface area contributed by atoms with E-state index in [9.17, 15) is 0 Å². The Morgan fingerprint density at radius 1 is 1.32 bits per heavy atom. The van der Waals surface area contributed by atoms with Crippen molar-refractivity contribution in [1.82, 2.24) is 15.1 Å². The Balaban J connectivity index is 2.42. The van der Waals surface area contributed by atoms with Crippen LogP contribution >= 0.6 is 0 Å². The summed E-state index contributed by atoms with van der Waals surface area (Å²) in [5.74, 6) is 0. The maximum absolute atomic E-state index is 3.65. The third kappa shape index (κ3) is 5.80. The average molecular weight is 269 g/mol. The van der Waals surface area contributed by atoms with Crippen molar-refractivity contribution in [2.45, 2.75) is 71.5 Å². The van der Waals surface area contributed by atoms with Gasteiger partial charge in [0.05, 0.1) is 0 Å². The van der Waals surface area contributed by atoms with E-state index in [1.165, 1.54) is 38.9 Å². The fourth-order valence-corrected chi connectivity index (χ4v) is 3.04. The summed E-state index contributed by atoms with van der Waals surface area (Å²) in [5.41, 5.74) is 0.219. The monoisotopic (exact) mass is 269 g/mol. The quantitative estimate of drug-likeness (QED) is 0.766. The van der Waals surface area contributed by atoms with Crippen LogP contribution in [0.4, 0.5) is 0 Å². The van der Waals surface area contributed by atoms with E-state index in [4.69, 9.17) is 0 Å². The summed E-state index contributed by atoms with van der Waals surface area (Å²) in [7, 11) is 2.30. The zero-order valence-electron chi connectivity index (χ0n) is 14.0. The fourth-order valence-electron chi connectivity index (χ4n) is 3.04. The number of nitrogens with zero attached hydrogens (tertiary/aromatic N) is 2. The molecule has 1 aliphatic heterocycles. The second-order valence-corrected chi connectivity index (χ2v) is 7.06. The maximum Gasteiger partial charge on any atom is 0.0223 e. The van der Waals surface area contributed by atoms with E-state index < -0.39 is 0 Å². The van der Waals surface area contributed by atoms with Crippen molar-refractivity contribution >= 4 is 0 Å². The second kappa shape index (κ2) is 7.61. The van der Waals surface area contributed by atoms with E-state index in [2.05, 4.69) is 56.8 Å². The molecule has 1 heterocycles. The summed E-state index contributed by atoms with van der Waals surface area (Å²) in [6.45, 7) is 16.1. The third-order valence-electron chi connectivity index (χ3n) is 4.37. The first-order valence-electron chi connectivity index (χ1n) is 8.06. The minimum atomic E-state index is 0.219. The van der Waals surface area contributed by atoms with Crippen molar-refractivity contribution in [3.63, 3.8) is 0 Å². The molecule has 19 heavy (non-hydrogen) atoms. The van der Waals surface area contributed by atoms with E-state index in [0.29, 0.717) is 6.04 Å². The van der Waals surface area contributed by atoms with E-state index in [-0.39, 0.29) is 5.54 Å². The SMILES string of the molecule is CCC(CNC(C)(C)C)N(C)CC1CCCN1CC. The van der Waals surface area contributed by atoms with Crippen molar-refractivity contribution in [2.24, 2.45) is 0 Å². The highest BCUT2D eigenvalue weighted by molar-refractivity contribution is 4.84. The van der Waals surface area contributed by atoms with Gasteiger partial charge in [0, 0.05) is 30.7 Å². The molecule has 0 amide bonds. The molecule has 0 aliphatic carbocycles. The molecule has 0 aromatic rings. The van der Waals surface area contributed by atoms with Gasteiger partial charge in [0.15, 0.2) is 0 Å². The number of hydrogen-bond acceptors (Lipinski definition) is 3. The molecule has 1 aliphatic rings. The van der Waals surface area contributed by atoms with Crippen LogP contribution in [0, 0.1) is 0 Å². The number of likely N-dealkylation sites (tertiary alicyclic amines) is 1. The van der Waals surface area contributed by atoms with Crippen LogP contribution < -0.4 is 5.32 Å². The predicted octanol–water partition coefficient (Wildman–Crippen LogP) is 2.57. The highest BCUT2D eigenvalue weighted by atomic mass is 15.2. The molecule has 2 atom stereocenters. The first-order chi connectivity index (χ1) is 8.87. The Bertz CT molecular complexity index is 247. The number of nitrogens with one attached hydrogen (secondary N) is 1. The second-order valence-electron chi connectivity index (χ2n) is 7.06. The van der Waals surface area contributed by atoms with Gasteiger partial charge in [0.1, 0.15) is 0 Å². The van der Waals surface area contributed by atoms with Crippen LogP contribution in [0.2, 0.25) is 0 Å². The van der Waals surface area contributed by atoms with Gasteiger partial charge in [-0.1, -0.05) is 13.8 Å². The average Bonchev–Trinajstić information content (AvgIpc) is 2.75. The van der Waals surface area contributed by atoms with E-state index in [1.54, 1.807) is 0 Å². The van der Waals surface area contributed by atoms with E-state index in [0.717, 1.165) is 12.6 Å². The zero-order chi connectivity index (χ0) is 14.5. The van der Waals surface area contributed by atoms with Crippen LogP contribution in [0.3, 0.4) is 0 Å². The van der Waals surface area contributed by atoms with Crippen LogP contribution in [0.25, 0.3) is 0 Å². The van der Waals surface area contributed by atoms with Crippen LogP contribution in [0.15, 0.2) is 0 Å². The molecule has 1 N–H and O–H groups in total. The molecule has 0 aromatic heterocycles. The molecular weight excluding hydrogens is 234 g/mol. The molecule has 1 saturated heterocycles. The summed E-state index contributed by atoms with van der Waals surface area (Å²) in [6.07, 6.45) is 3.98. The minimum absolute atomic E-state index is 0.219. The van der Waals surface area contributed by atoms with Gasteiger partial charge >= 0.3 is 0 Å². The third-order valence-corrected chi connectivity index (χ3v) is 4.37. The molecule has 0 radical (unpaired) electrons. The lowest BCUT2D eigenvalue weighted by molar-refractivity contribution is 0.153. The molecule has 0 spiro atoms. The summed E-state index contributed by atoms with van der Waals surface area (Å²) < 4.78 is 0. The minimum Gasteiger partial charge on any atom is -0.311 e. The van der Waals surface area contributed by atoms with Gasteiger partial charge in [-0.15, -0.1) is 0 Å². The van der Waals surface area contributed by atoms with Crippen molar-refractivity contribution < 1.29 is 0 Å². The van der Waals surface area contributed by atoms with Crippen molar-refractivity contribution in [2.75, 3.05) is 33.2 Å². The van der Waals surface area contributed by atoms with Crippen LogP contribution in [-0.2, 0) is 0 Å². The molecule has 2 unspecified atom stereocenters. The standard InChI is InChI=1S/C16H35N3/c1-7-14(12-17-16(3,4)5)18(6)13-15-10-9-11-19(15)8-2/h14-15,17H,7-13H2,1-6H3. The molecule has 0 bridgehead atoms. The fraction of sp³-hybridized carbons (Fsp3) is 1.00. The lowest BCUT2D eigenvalue weighted by Crippen LogP contribution is -2.49. The van der Waals surface area contributed by atoms with E-state index in [1.807, 2.05) is 0 Å². The summed E-state index contributed by atoms with van der Waals surface area (Å²) in [5, 5.41) is 3.65. The van der Waals surface area contributed by atoms with E-state index >= 15 is 0 Å². The maximum atomic E-state index is 3.65. The highest BCUT2D eigenvalue weighted by Crippen LogP contribution is 2.18. The van der Waals surface area contributed by atoms with Crippen LogP contribution in [-0.4, -0.2) is 60.6 Å². The molecule has 3 heteroatoms. The molecule has 1 rings (SSSR count). The Kier molecular flexibility index (Phi) is 6.78. The van der Waals surface area contributed by atoms with Crippen LogP contribution in [0.5, 0.6) is 0 Å². The lowest BCUT2D eigenvalue weighted by atomic mass is 10.1. The molecule has 1 fully saturated rings. The Morgan fingerprint density at radius 2 is 2.00 bits per heavy atom. The lowest BCUT2D eigenvalue weighted by Gasteiger charge is -2.34. The van der Waals surface area contributed by atoms with Crippen molar-refractivity contribution in [1.29, 1.82) is 0 Å². The topological polar surface area (TPSA) is 18.5 Å². The Morgan fingerprint density at radius 3 is 2.53 bits per heavy atom. The normalized spacial score (nSPS) is 23.2. The first-order valence-corrected chi connectivity index (χ1v) is 8.06. The summed E-state index contributed by atoms with van der Waals surface area (Å²) in [4.78, 5) is 5.21. The molecule has 3 nitrogen and oxygen atoms in total. The van der Waals surface area contributed by atoms with Crippen molar-refractivity contribution in [3.8, 4) is 0 Å². The van der Waals surface area contributed by atoms with Gasteiger partial charge in [-0.2, -0.15) is 0 Å². The molecule has 0 aromatic carbocycles. The Labute approximate surface area is 120 Å². The van der Waals surface area contributed by atoms with Gasteiger partial charge in [-0.3, -0.25) is 4.90 Å². The summed E-state index contributed by atoms with van der Waals surface area (Å²) >= 11 is 0. The number of likely N-dealkylation sites (N-methyl/N-ethyl adjacent to an activating group) is 2. The van der Waals surface area contributed by atoms with Crippen LogP contribution in [0.1, 0.15) is 53.9 Å². The first kappa shape index (κ1) is 16.9. The van der Waals surface area contributed by atoms with Gasteiger partial charge in [-0.25, -0.2) is 0 Å². The number of hydrogen-bond donors (Lipinski definition) is 1. The van der Waals surface area contributed by atoms with Gasteiger partial charge in [0.2, 0.25) is 0 Å². The highest BCUT2D eigenvalue weighted by Gasteiger charge is 2.26. The summed E-state index contributed by atoms with van der Waals surface area (Å²) in [6, 6.07) is 1.43. The molecular formula is C16H35N3. The molecule has 0 saturated carbocycles. The van der Waals surface area contributed by atoms with Crippen molar-refractivity contribution in [3.05, 3.63) is 0 Å². The Hall–Kier alpha value is -0.120. The largest absolute Gasteiger partial charge is 0.311 e. The molecule has 114 valence electrons. The van der Waals surface area contributed by atoms with Gasteiger partial charge in [-0.05, 0) is 60.2 Å². The number of rotatable bonds is 7.